The standard InChI is InChI=1S/C16H22O4/c1-19-15(18)16(8-5-9-17)10-14(11-16)20-12-13-6-3-2-4-7-13/h2-4,6-7,14,17H,5,8-12H2,1H3. The van der Waals surface area contributed by atoms with Gasteiger partial charge in [-0.1, -0.05) is 30.3 Å². The first-order valence-electron chi connectivity index (χ1n) is 7.05. The highest BCUT2D eigenvalue weighted by atomic mass is 16.5. The van der Waals surface area contributed by atoms with E-state index < -0.39 is 5.41 Å². The molecule has 20 heavy (non-hydrogen) atoms. The van der Waals surface area contributed by atoms with Crippen LogP contribution >= 0.6 is 0 Å². The number of esters is 1. The van der Waals surface area contributed by atoms with Crippen molar-refractivity contribution in [3.8, 4) is 0 Å². The van der Waals surface area contributed by atoms with Crippen LogP contribution in [-0.4, -0.2) is 30.9 Å². The van der Waals surface area contributed by atoms with Crippen molar-refractivity contribution in [2.75, 3.05) is 13.7 Å². The Bertz CT molecular complexity index is 423. The Morgan fingerprint density at radius 3 is 2.65 bits per heavy atom. The maximum Gasteiger partial charge on any atom is 0.311 e. The zero-order chi connectivity index (χ0) is 14.4. The minimum atomic E-state index is -0.446. The minimum absolute atomic E-state index is 0.105. The lowest BCUT2D eigenvalue weighted by Gasteiger charge is -2.45. The smallest absolute Gasteiger partial charge is 0.311 e. The number of aliphatic hydroxyl groups excluding tert-OH is 1. The highest BCUT2D eigenvalue weighted by Crippen LogP contribution is 2.47. The second-order valence-electron chi connectivity index (χ2n) is 5.43. The third-order valence-electron chi connectivity index (χ3n) is 4.00. The molecule has 0 heterocycles. The number of carbonyl (C=O) groups is 1. The van der Waals surface area contributed by atoms with Crippen LogP contribution < -0.4 is 0 Å². The van der Waals surface area contributed by atoms with Gasteiger partial charge in [-0.05, 0) is 31.2 Å². The predicted octanol–water partition coefficient (Wildman–Crippen LogP) is 2.30. The topological polar surface area (TPSA) is 55.8 Å². The number of hydrogen-bond donors (Lipinski definition) is 1. The van der Waals surface area contributed by atoms with Crippen LogP contribution in [0.25, 0.3) is 0 Å². The van der Waals surface area contributed by atoms with E-state index in [0.717, 1.165) is 5.56 Å². The van der Waals surface area contributed by atoms with Crippen LogP contribution in [-0.2, 0) is 20.9 Å². The first-order chi connectivity index (χ1) is 9.70. The van der Waals surface area contributed by atoms with Gasteiger partial charge in [0, 0.05) is 6.61 Å². The van der Waals surface area contributed by atoms with Crippen LogP contribution in [0.15, 0.2) is 30.3 Å². The fourth-order valence-corrected chi connectivity index (χ4v) is 2.82. The van der Waals surface area contributed by atoms with E-state index >= 15 is 0 Å². The van der Waals surface area contributed by atoms with E-state index in [1.54, 1.807) is 0 Å². The largest absolute Gasteiger partial charge is 0.469 e. The SMILES string of the molecule is COC(=O)C1(CCCO)CC(OCc2ccccc2)C1. The molecule has 0 unspecified atom stereocenters. The van der Waals surface area contributed by atoms with Crippen molar-refractivity contribution in [3.05, 3.63) is 35.9 Å². The molecule has 1 aromatic rings. The summed E-state index contributed by atoms with van der Waals surface area (Å²) in [5, 5.41) is 8.94. The monoisotopic (exact) mass is 278 g/mol. The van der Waals surface area contributed by atoms with Crippen LogP contribution in [0.5, 0.6) is 0 Å². The molecule has 2 rings (SSSR count). The van der Waals surface area contributed by atoms with Gasteiger partial charge in [0.1, 0.15) is 0 Å². The van der Waals surface area contributed by atoms with Crippen LogP contribution in [0.2, 0.25) is 0 Å². The molecule has 4 heteroatoms. The second-order valence-corrected chi connectivity index (χ2v) is 5.43. The molecule has 4 nitrogen and oxygen atoms in total. The van der Waals surface area contributed by atoms with Crippen molar-refractivity contribution in [1.82, 2.24) is 0 Å². The molecular formula is C16H22O4. The lowest BCUT2D eigenvalue weighted by atomic mass is 9.64. The lowest BCUT2D eigenvalue weighted by Crippen LogP contribution is -2.48. The molecule has 0 amide bonds. The van der Waals surface area contributed by atoms with E-state index in [2.05, 4.69) is 0 Å². The summed E-state index contributed by atoms with van der Waals surface area (Å²) in [5.74, 6) is -0.175. The van der Waals surface area contributed by atoms with Crippen LogP contribution in [0, 0.1) is 5.41 Å². The molecule has 0 saturated heterocycles. The number of rotatable bonds is 7. The highest BCUT2D eigenvalue weighted by Gasteiger charge is 2.51. The zero-order valence-electron chi connectivity index (χ0n) is 11.9. The highest BCUT2D eigenvalue weighted by molar-refractivity contribution is 5.78. The Morgan fingerprint density at radius 1 is 1.35 bits per heavy atom. The lowest BCUT2D eigenvalue weighted by molar-refractivity contribution is -0.173. The summed E-state index contributed by atoms with van der Waals surface area (Å²) < 4.78 is 10.7. The molecule has 1 saturated carbocycles. The van der Waals surface area contributed by atoms with Gasteiger partial charge in [-0.15, -0.1) is 0 Å². The molecule has 1 fully saturated rings. The Morgan fingerprint density at radius 2 is 2.05 bits per heavy atom. The van der Waals surface area contributed by atoms with Gasteiger partial charge >= 0.3 is 5.97 Å². The molecule has 0 aromatic heterocycles. The molecule has 0 aliphatic heterocycles. The van der Waals surface area contributed by atoms with E-state index in [0.29, 0.717) is 32.3 Å². The van der Waals surface area contributed by atoms with E-state index in [1.807, 2.05) is 30.3 Å². The Balaban J connectivity index is 1.82. The molecule has 1 aromatic carbocycles. The summed E-state index contributed by atoms with van der Waals surface area (Å²) in [5.41, 5.74) is 0.692. The third-order valence-corrected chi connectivity index (χ3v) is 4.00. The number of benzene rings is 1. The van der Waals surface area contributed by atoms with E-state index in [4.69, 9.17) is 14.6 Å². The van der Waals surface area contributed by atoms with Crippen molar-refractivity contribution in [3.63, 3.8) is 0 Å². The van der Waals surface area contributed by atoms with E-state index in [9.17, 15) is 4.79 Å². The summed E-state index contributed by atoms with van der Waals surface area (Å²) in [6.45, 7) is 0.678. The first kappa shape index (κ1) is 15.0. The summed E-state index contributed by atoms with van der Waals surface area (Å²) in [6.07, 6.45) is 2.77. The van der Waals surface area contributed by atoms with Gasteiger partial charge in [0.15, 0.2) is 0 Å². The summed E-state index contributed by atoms with van der Waals surface area (Å²) in [6, 6.07) is 10.00. The van der Waals surface area contributed by atoms with Crippen LogP contribution in [0.3, 0.4) is 0 Å². The predicted molar refractivity (Wildman–Crippen MR) is 75.0 cm³/mol. The van der Waals surface area contributed by atoms with Gasteiger partial charge in [0.25, 0.3) is 0 Å². The normalized spacial score (nSPS) is 25.0. The fraction of sp³-hybridized carbons (Fsp3) is 0.562. The van der Waals surface area contributed by atoms with Gasteiger partial charge < -0.3 is 14.6 Å². The maximum absolute atomic E-state index is 11.9. The van der Waals surface area contributed by atoms with Crippen molar-refractivity contribution < 1.29 is 19.4 Å². The average Bonchev–Trinajstić information content (AvgIpc) is 2.46. The van der Waals surface area contributed by atoms with Gasteiger partial charge in [-0.25, -0.2) is 0 Å². The molecule has 0 spiro atoms. The van der Waals surface area contributed by atoms with Gasteiger partial charge in [-0.3, -0.25) is 4.79 Å². The Labute approximate surface area is 119 Å². The molecular weight excluding hydrogens is 256 g/mol. The van der Waals surface area contributed by atoms with Crippen LogP contribution in [0.1, 0.15) is 31.2 Å². The molecule has 0 bridgehead atoms. The maximum atomic E-state index is 11.9. The van der Waals surface area contributed by atoms with E-state index in [-0.39, 0.29) is 18.7 Å². The number of ether oxygens (including phenoxy) is 2. The van der Waals surface area contributed by atoms with E-state index in [1.165, 1.54) is 7.11 Å². The molecule has 1 aliphatic rings. The fourth-order valence-electron chi connectivity index (χ4n) is 2.82. The molecule has 0 radical (unpaired) electrons. The van der Waals surface area contributed by atoms with Crippen molar-refractivity contribution in [2.45, 2.75) is 38.4 Å². The zero-order valence-corrected chi connectivity index (χ0v) is 11.9. The van der Waals surface area contributed by atoms with Gasteiger partial charge in [0.05, 0.1) is 25.2 Å². The number of hydrogen-bond acceptors (Lipinski definition) is 4. The minimum Gasteiger partial charge on any atom is -0.469 e. The van der Waals surface area contributed by atoms with Crippen molar-refractivity contribution in [1.29, 1.82) is 0 Å². The summed E-state index contributed by atoms with van der Waals surface area (Å²) in [4.78, 5) is 11.9. The van der Waals surface area contributed by atoms with Crippen molar-refractivity contribution >= 4 is 5.97 Å². The van der Waals surface area contributed by atoms with Gasteiger partial charge in [-0.2, -0.15) is 0 Å². The number of aliphatic hydroxyl groups is 1. The third kappa shape index (κ3) is 3.38. The average molecular weight is 278 g/mol. The number of methoxy groups -OCH3 is 1. The second kappa shape index (κ2) is 6.86. The molecule has 0 atom stereocenters. The molecule has 1 N–H and O–H groups in total. The quantitative estimate of drug-likeness (QED) is 0.778. The van der Waals surface area contributed by atoms with Crippen LogP contribution in [0.4, 0.5) is 0 Å². The molecule has 110 valence electrons. The molecule has 1 aliphatic carbocycles. The van der Waals surface area contributed by atoms with Crippen molar-refractivity contribution in [2.24, 2.45) is 5.41 Å². The van der Waals surface area contributed by atoms with Gasteiger partial charge in [0.2, 0.25) is 0 Å². The number of carbonyl (C=O) groups excluding carboxylic acids is 1. The summed E-state index contributed by atoms with van der Waals surface area (Å²) in [7, 11) is 1.42. The first-order valence-corrected chi connectivity index (χ1v) is 7.05. The summed E-state index contributed by atoms with van der Waals surface area (Å²) >= 11 is 0. The Hall–Kier alpha value is -1.39. The Kier molecular flexibility index (Phi) is 5.15.